The zero-order valence-electron chi connectivity index (χ0n) is 26.6. The van der Waals surface area contributed by atoms with E-state index in [2.05, 4.69) is 146 Å². The maximum absolute atomic E-state index is 5.30. The van der Waals surface area contributed by atoms with Gasteiger partial charge in [-0.05, 0) is 56.4 Å². The molecule has 0 radical (unpaired) electrons. The van der Waals surface area contributed by atoms with Crippen LogP contribution in [0, 0.1) is 0 Å². The molecule has 0 unspecified atom stereocenters. The Labute approximate surface area is 278 Å². The third kappa shape index (κ3) is 3.80. The van der Waals surface area contributed by atoms with Gasteiger partial charge in [0.05, 0.1) is 11.0 Å². The van der Waals surface area contributed by atoms with E-state index in [0.29, 0.717) is 17.6 Å². The van der Waals surface area contributed by atoms with E-state index in [1.807, 2.05) is 18.2 Å². The van der Waals surface area contributed by atoms with Crippen LogP contribution in [0.2, 0.25) is 0 Å². The van der Waals surface area contributed by atoms with Crippen molar-refractivity contribution in [3.05, 3.63) is 157 Å². The molecule has 0 N–H and O–H groups in total. The van der Waals surface area contributed by atoms with Crippen molar-refractivity contribution in [1.29, 1.82) is 0 Å². The molecule has 9 aromatic rings. The Morgan fingerprint density at radius 3 is 2.06 bits per heavy atom. The van der Waals surface area contributed by atoms with Gasteiger partial charge in [-0.1, -0.05) is 141 Å². The van der Waals surface area contributed by atoms with Gasteiger partial charge in [-0.25, -0.2) is 4.98 Å². The molecule has 0 saturated carbocycles. The van der Waals surface area contributed by atoms with E-state index >= 15 is 0 Å². The minimum absolute atomic E-state index is 0.148. The van der Waals surface area contributed by atoms with Crippen molar-refractivity contribution >= 4 is 43.4 Å². The topological polar surface area (TPSA) is 43.6 Å². The van der Waals surface area contributed by atoms with Gasteiger partial charge in [-0.3, -0.25) is 4.57 Å². The van der Waals surface area contributed by atoms with Gasteiger partial charge in [0.1, 0.15) is 0 Å². The van der Waals surface area contributed by atoms with Gasteiger partial charge in [0.2, 0.25) is 5.95 Å². The Bertz CT molecular complexity index is 2760. The standard InChI is InChI=1S/C44H30N4/c1-44(2)35-20-10-8-19-33(35)39-38-30(17-12-21-36(38)44)26-34-32-18-9-11-22-37(32)48(40(34)39)43-46-41(28-14-4-3-5-15-28)45-42(47-43)31-24-23-27-13-6-7-16-29(27)25-31/h3-26H,1-2H3. The van der Waals surface area contributed by atoms with E-state index in [4.69, 9.17) is 15.0 Å². The second-order valence-electron chi connectivity index (χ2n) is 13.3. The lowest BCUT2D eigenvalue weighted by Crippen LogP contribution is -2.23. The first kappa shape index (κ1) is 27.0. The predicted molar refractivity (Wildman–Crippen MR) is 198 cm³/mol. The number of hydrogen-bond acceptors (Lipinski definition) is 3. The average Bonchev–Trinajstić information content (AvgIpc) is 3.47. The van der Waals surface area contributed by atoms with Crippen molar-refractivity contribution in [3.63, 3.8) is 0 Å². The van der Waals surface area contributed by atoms with Gasteiger partial charge in [-0.2, -0.15) is 9.97 Å². The molecule has 1 aliphatic rings. The molecule has 0 atom stereocenters. The summed E-state index contributed by atoms with van der Waals surface area (Å²) in [4.78, 5) is 15.6. The summed E-state index contributed by atoms with van der Waals surface area (Å²) in [6.45, 7) is 4.69. The summed E-state index contributed by atoms with van der Waals surface area (Å²) < 4.78 is 2.28. The van der Waals surface area contributed by atoms with Gasteiger partial charge in [-0.15, -0.1) is 0 Å². The number of nitrogens with zero attached hydrogens (tertiary/aromatic N) is 4. The number of fused-ring (bicyclic) bond motifs is 7. The van der Waals surface area contributed by atoms with Crippen LogP contribution in [-0.2, 0) is 5.41 Å². The summed E-state index contributed by atoms with van der Waals surface area (Å²) in [6, 6.07) is 51.7. The Kier molecular flexibility index (Phi) is 5.59. The lowest BCUT2D eigenvalue weighted by molar-refractivity contribution is 0.645. The molecule has 0 amide bonds. The van der Waals surface area contributed by atoms with E-state index in [0.717, 1.165) is 27.5 Å². The zero-order chi connectivity index (χ0) is 32.0. The first-order chi connectivity index (χ1) is 23.6. The van der Waals surface area contributed by atoms with Crippen molar-refractivity contribution < 1.29 is 0 Å². The Morgan fingerprint density at radius 2 is 1.19 bits per heavy atom. The average molecular weight is 615 g/mol. The zero-order valence-corrected chi connectivity index (χ0v) is 26.6. The highest BCUT2D eigenvalue weighted by molar-refractivity contribution is 6.22. The number of rotatable bonds is 3. The molecule has 226 valence electrons. The summed E-state index contributed by atoms with van der Waals surface area (Å²) in [7, 11) is 0. The lowest BCUT2D eigenvalue weighted by Gasteiger charge is -2.35. The van der Waals surface area contributed by atoms with Crippen LogP contribution in [0.25, 0.3) is 83.2 Å². The van der Waals surface area contributed by atoms with Crippen LogP contribution in [-0.4, -0.2) is 19.5 Å². The molecule has 7 aromatic carbocycles. The van der Waals surface area contributed by atoms with Gasteiger partial charge < -0.3 is 0 Å². The van der Waals surface area contributed by atoms with Gasteiger partial charge in [0, 0.05) is 32.9 Å². The Hall–Kier alpha value is -6.13. The molecule has 0 saturated heterocycles. The third-order valence-corrected chi connectivity index (χ3v) is 10.2. The summed E-state index contributed by atoms with van der Waals surface area (Å²) in [5, 5.41) is 7.24. The molecule has 48 heavy (non-hydrogen) atoms. The van der Waals surface area contributed by atoms with Crippen molar-refractivity contribution in [3.8, 4) is 39.9 Å². The molecular weight excluding hydrogens is 585 g/mol. The highest BCUT2D eigenvalue weighted by Crippen LogP contribution is 2.52. The molecule has 0 fully saturated rings. The highest BCUT2D eigenvalue weighted by Gasteiger charge is 2.35. The number of para-hydroxylation sites is 1. The molecule has 2 aromatic heterocycles. The molecule has 0 bridgehead atoms. The maximum atomic E-state index is 5.30. The predicted octanol–water partition coefficient (Wildman–Crippen LogP) is 10.9. The SMILES string of the molecule is CC1(C)c2ccccc2-c2c3c1cccc3cc1c3ccccc3n(-c3nc(-c4ccccc4)nc(-c4ccc5ccccc5c4)n3)c21. The van der Waals surface area contributed by atoms with E-state index in [9.17, 15) is 0 Å². The van der Waals surface area contributed by atoms with Crippen LogP contribution in [0.5, 0.6) is 0 Å². The molecule has 10 rings (SSSR count). The highest BCUT2D eigenvalue weighted by atomic mass is 15.2. The molecule has 0 spiro atoms. The molecule has 0 aliphatic heterocycles. The van der Waals surface area contributed by atoms with Gasteiger partial charge in [0.15, 0.2) is 11.6 Å². The molecule has 1 aliphatic carbocycles. The fourth-order valence-corrected chi connectivity index (χ4v) is 7.92. The molecular formula is C44H30N4. The third-order valence-electron chi connectivity index (χ3n) is 10.2. The summed E-state index contributed by atoms with van der Waals surface area (Å²) in [6.07, 6.45) is 0. The van der Waals surface area contributed by atoms with E-state index in [1.54, 1.807) is 0 Å². The minimum Gasteiger partial charge on any atom is -0.277 e. The van der Waals surface area contributed by atoms with Crippen LogP contribution in [0.4, 0.5) is 0 Å². The van der Waals surface area contributed by atoms with Crippen LogP contribution in [0.15, 0.2) is 146 Å². The second-order valence-corrected chi connectivity index (χ2v) is 13.3. The van der Waals surface area contributed by atoms with E-state index < -0.39 is 0 Å². The Balaban J connectivity index is 1.37. The van der Waals surface area contributed by atoms with Crippen LogP contribution < -0.4 is 0 Å². The molecule has 4 heteroatoms. The summed E-state index contributed by atoms with van der Waals surface area (Å²) in [5.41, 5.74) is 9.10. The van der Waals surface area contributed by atoms with Gasteiger partial charge >= 0.3 is 0 Å². The van der Waals surface area contributed by atoms with Gasteiger partial charge in [0.25, 0.3) is 0 Å². The normalized spacial score (nSPS) is 13.4. The number of hydrogen-bond donors (Lipinski definition) is 0. The quantitative estimate of drug-likeness (QED) is 0.199. The van der Waals surface area contributed by atoms with Crippen molar-refractivity contribution in [1.82, 2.24) is 19.5 Å². The number of benzene rings is 7. The fraction of sp³-hybridized carbons (Fsp3) is 0.0682. The maximum Gasteiger partial charge on any atom is 0.238 e. The smallest absolute Gasteiger partial charge is 0.238 e. The Morgan fingerprint density at radius 1 is 0.500 bits per heavy atom. The van der Waals surface area contributed by atoms with Crippen LogP contribution >= 0.6 is 0 Å². The molecule has 2 heterocycles. The number of aromatic nitrogens is 4. The first-order valence-corrected chi connectivity index (χ1v) is 16.5. The first-order valence-electron chi connectivity index (χ1n) is 16.5. The lowest BCUT2D eigenvalue weighted by atomic mass is 9.68. The molecule has 4 nitrogen and oxygen atoms in total. The van der Waals surface area contributed by atoms with Crippen LogP contribution in [0.1, 0.15) is 25.0 Å². The second kappa shape index (κ2) is 9.93. The largest absolute Gasteiger partial charge is 0.277 e. The van der Waals surface area contributed by atoms with Crippen molar-refractivity contribution in [2.75, 3.05) is 0 Å². The summed E-state index contributed by atoms with van der Waals surface area (Å²) in [5.74, 6) is 1.90. The minimum atomic E-state index is -0.148. The fourth-order valence-electron chi connectivity index (χ4n) is 7.92. The van der Waals surface area contributed by atoms with Crippen molar-refractivity contribution in [2.24, 2.45) is 0 Å². The van der Waals surface area contributed by atoms with Crippen molar-refractivity contribution in [2.45, 2.75) is 19.3 Å². The van der Waals surface area contributed by atoms with E-state index in [1.165, 1.54) is 49.2 Å². The van der Waals surface area contributed by atoms with E-state index in [-0.39, 0.29) is 5.41 Å². The summed E-state index contributed by atoms with van der Waals surface area (Å²) >= 11 is 0. The van der Waals surface area contributed by atoms with Crippen LogP contribution in [0.3, 0.4) is 0 Å². The monoisotopic (exact) mass is 614 g/mol.